The molecule has 0 saturated heterocycles. The third-order valence-electron chi connectivity index (χ3n) is 5.17. The molecule has 0 saturated carbocycles. The van der Waals surface area contributed by atoms with Gasteiger partial charge < -0.3 is 19.0 Å². The molecule has 0 spiro atoms. The minimum atomic E-state index is -0.347. The van der Waals surface area contributed by atoms with E-state index in [4.69, 9.17) is 20.8 Å². The summed E-state index contributed by atoms with van der Waals surface area (Å²) in [7, 11) is 0. The van der Waals surface area contributed by atoms with Crippen LogP contribution in [0.1, 0.15) is 35.0 Å². The molecule has 0 N–H and O–H groups in total. The number of carbonyl (C=O) groups is 2. The topological polar surface area (TPSA) is 63.0 Å². The summed E-state index contributed by atoms with van der Waals surface area (Å²) in [4.78, 5) is 29.7. The van der Waals surface area contributed by atoms with E-state index in [1.54, 1.807) is 59.7 Å². The summed E-state index contributed by atoms with van der Waals surface area (Å²) in [6.45, 7) is 3.66. The molecular weight excluding hydrogens is 459 g/mol. The maximum absolute atomic E-state index is 13.4. The first-order chi connectivity index (χ1) is 16.5. The van der Waals surface area contributed by atoms with Crippen molar-refractivity contribution >= 4 is 23.4 Å². The van der Waals surface area contributed by atoms with Gasteiger partial charge in [-0.05, 0) is 61.4 Å². The number of halogens is 2. The van der Waals surface area contributed by atoms with Gasteiger partial charge >= 0.3 is 0 Å². The molecule has 8 heteroatoms. The van der Waals surface area contributed by atoms with Crippen LogP contribution in [0.2, 0.25) is 5.02 Å². The Morgan fingerprint density at radius 3 is 2.50 bits per heavy atom. The van der Waals surface area contributed by atoms with Crippen LogP contribution in [0.15, 0.2) is 71.3 Å². The van der Waals surface area contributed by atoms with E-state index in [-0.39, 0.29) is 37.3 Å². The summed E-state index contributed by atoms with van der Waals surface area (Å²) < 4.78 is 24.2. The fourth-order valence-electron chi connectivity index (χ4n) is 3.45. The standard InChI is InChI=1S/C26H28ClFN2O4/c1-2-33-14-5-13-29(26(32)21-6-3-7-22(27)16-21)19-25(31)30(18-24-8-4-15-34-24)17-20-9-11-23(28)12-10-20/h3-4,6-12,15-16H,2,5,13-14,17-19H2,1H3. The minimum absolute atomic E-state index is 0.126. The van der Waals surface area contributed by atoms with Crippen molar-refractivity contribution in [2.45, 2.75) is 26.4 Å². The minimum Gasteiger partial charge on any atom is -0.467 e. The monoisotopic (exact) mass is 486 g/mol. The highest BCUT2D eigenvalue weighted by Gasteiger charge is 2.23. The summed E-state index contributed by atoms with van der Waals surface area (Å²) >= 11 is 6.07. The van der Waals surface area contributed by atoms with E-state index in [2.05, 4.69) is 0 Å². The smallest absolute Gasteiger partial charge is 0.254 e. The Morgan fingerprint density at radius 1 is 1.03 bits per heavy atom. The molecule has 180 valence electrons. The average Bonchev–Trinajstić information content (AvgIpc) is 3.34. The van der Waals surface area contributed by atoms with Gasteiger partial charge in [-0.1, -0.05) is 29.8 Å². The highest BCUT2D eigenvalue weighted by atomic mass is 35.5. The molecule has 2 amide bonds. The van der Waals surface area contributed by atoms with Crippen LogP contribution < -0.4 is 0 Å². The summed E-state index contributed by atoms with van der Waals surface area (Å²) in [5.74, 6) is -0.278. The van der Waals surface area contributed by atoms with E-state index in [1.165, 1.54) is 17.0 Å². The van der Waals surface area contributed by atoms with Gasteiger partial charge in [0.05, 0.1) is 12.8 Å². The number of hydrogen-bond acceptors (Lipinski definition) is 4. The average molecular weight is 487 g/mol. The molecule has 1 aromatic heterocycles. The van der Waals surface area contributed by atoms with E-state index in [9.17, 15) is 14.0 Å². The van der Waals surface area contributed by atoms with Crippen molar-refractivity contribution in [2.75, 3.05) is 26.3 Å². The number of benzene rings is 2. The number of hydrogen-bond donors (Lipinski definition) is 0. The maximum Gasteiger partial charge on any atom is 0.254 e. The Bertz CT molecular complexity index is 1060. The normalized spacial score (nSPS) is 10.8. The highest BCUT2D eigenvalue weighted by Crippen LogP contribution is 2.16. The van der Waals surface area contributed by atoms with Crippen molar-refractivity contribution in [3.8, 4) is 0 Å². The van der Waals surface area contributed by atoms with Crippen LogP contribution >= 0.6 is 11.6 Å². The summed E-state index contributed by atoms with van der Waals surface area (Å²) in [5, 5.41) is 0.446. The van der Waals surface area contributed by atoms with Crippen molar-refractivity contribution in [2.24, 2.45) is 0 Å². The largest absolute Gasteiger partial charge is 0.467 e. The van der Waals surface area contributed by atoms with Crippen LogP contribution in [0.4, 0.5) is 4.39 Å². The number of carbonyl (C=O) groups excluding carboxylic acids is 2. The predicted octanol–water partition coefficient (Wildman–Crippen LogP) is 5.17. The molecule has 3 rings (SSSR count). The van der Waals surface area contributed by atoms with Gasteiger partial charge in [0.25, 0.3) is 5.91 Å². The Morgan fingerprint density at radius 2 is 1.82 bits per heavy atom. The lowest BCUT2D eigenvalue weighted by atomic mass is 10.1. The van der Waals surface area contributed by atoms with Crippen LogP contribution in [0.25, 0.3) is 0 Å². The van der Waals surface area contributed by atoms with Gasteiger partial charge in [0, 0.05) is 36.9 Å². The third-order valence-corrected chi connectivity index (χ3v) is 5.41. The van der Waals surface area contributed by atoms with E-state index >= 15 is 0 Å². The maximum atomic E-state index is 13.4. The second-order valence-corrected chi connectivity index (χ2v) is 8.18. The van der Waals surface area contributed by atoms with Crippen LogP contribution in [0.3, 0.4) is 0 Å². The molecule has 3 aromatic rings. The molecule has 0 bridgehead atoms. The quantitative estimate of drug-likeness (QED) is 0.331. The van der Waals surface area contributed by atoms with Crippen molar-refractivity contribution in [1.29, 1.82) is 0 Å². The van der Waals surface area contributed by atoms with Gasteiger partial charge in [0.1, 0.15) is 18.1 Å². The van der Waals surface area contributed by atoms with Crippen molar-refractivity contribution in [1.82, 2.24) is 9.80 Å². The van der Waals surface area contributed by atoms with Gasteiger partial charge in [-0.15, -0.1) is 0 Å². The lowest BCUT2D eigenvalue weighted by Crippen LogP contribution is -2.43. The Hall–Kier alpha value is -3.16. The molecule has 0 radical (unpaired) electrons. The zero-order valence-corrected chi connectivity index (χ0v) is 19.8. The van der Waals surface area contributed by atoms with Gasteiger partial charge in [-0.2, -0.15) is 0 Å². The first kappa shape index (κ1) is 25.5. The van der Waals surface area contributed by atoms with Gasteiger partial charge in [0.15, 0.2) is 0 Å². The zero-order valence-electron chi connectivity index (χ0n) is 19.1. The van der Waals surface area contributed by atoms with Crippen LogP contribution in [0.5, 0.6) is 0 Å². The molecule has 0 unspecified atom stereocenters. The lowest BCUT2D eigenvalue weighted by Gasteiger charge is -2.27. The molecule has 0 aliphatic rings. The SMILES string of the molecule is CCOCCCN(CC(=O)N(Cc1ccc(F)cc1)Cc1ccco1)C(=O)c1cccc(Cl)c1. The number of furan rings is 1. The molecular formula is C26H28ClFN2O4. The van der Waals surface area contributed by atoms with Gasteiger partial charge in [0.2, 0.25) is 5.91 Å². The van der Waals surface area contributed by atoms with Crippen molar-refractivity contribution in [3.05, 3.63) is 94.7 Å². The van der Waals surface area contributed by atoms with Gasteiger partial charge in [-0.25, -0.2) is 4.39 Å². The Kier molecular flexibility index (Phi) is 9.67. The predicted molar refractivity (Wildman–Crippen MR) is 128 cm³/mol. The molecule has 0 atom stereocenters. The first-order valence-corrected chi connectivity index (χ1v) is 11.5. The van der Waals surface area contributed by atoms with Crippen LogP contribution in [-0.2, 0) is 22.6 Å². The summed E-state index contributed by atoms with van der Waals surface area (Å²) in [6, 6.07) is 16.2. The molecule has 0 fully saturated rings. The Balaban J connectivity index is 1.78. The number of ether oxygens (including phenoxy) is 1. The first-order valence-electron chi connectivity index (χ1n) is 11.1. The molecule has 34 heavy (non-hydrogen) atoms. The molecule has 6 nitrogen and oxygen atoms in total. The molecule has 1 heterocycles. The van der Waals surface area contributed by atoms with Crippen LogP contribution in [0, 0.1) is 5.82 Å². The second-order valence-electron chi connectivity index (χ2n) is 7.74. The number of nitrogens with zero attached hydrogens (tertiary/aromatic N) is 2. The Labute approximate surface area is 203 Å². The lowest BCUT2D eigenvalue weighted by molar-refractivity contribution is -0.133. The molecule has 0 aliphatic heterocycles. The molecule has 0 aliphatic carbocycles. The van der Waals surface area contributed by atoms with Crippen molar-refractivity contribution in [3.63, 3.8) is 0 Å². The number of amides is 2. The summed E-state index contributed by atoms with van der Waals surface area (Å²) in [6.07, 6.45) is 2.13. The van der Waals surface area contributed by atoms with E-state index in [1.807, 2.05) is 6.92 Å². The molecule has 2 aromatic carbocycles. The fraction of sp³-hybridized carbons (Fsp3) is 0.308. The zero-order chi connectivity index (χ0) is 24.3. The highest BCUT2D eigenvalue weighted by molar-refractivity contribution is 6.31. The van der Waals surface area contributed by atoms with Crippen molar-refractivity contribution < 1.29 is 23.1 Å². The van der Waals surface area contributed by atoms with Gasteiger partial charge in [-0.3, -0.25) is 9.59 Å². The van der Waals surface area contributed by atoms with E-state index in [0.29, 0.717) is 42.5 Å². The van der Waals surface area contributed by atoms with E-state index < -0.39 is 0 Å². The van der Waals surface area contributed by atoms with Crippen LogP contribution in [-0.4, -0.2) is 47.9 Å². The number of rotatable bonds is 12. The fourth-order valence-corrected chi connectivity index (χ4v) is 3.64. The summed E-state index contributed by atoms with van der Waals surface area (Å²) in [5.41, 5.74) is 1.18. The van der Waals surface area contributed by atoms with E-state index in [0.717, 1.165) is 5.56 Å². The second kappa shape index (κ2) is 12.9. The third kappa shape index (κ3) is 7.71.